The molecule has 2 amide bonds. The summed E-state index contributed by atoms with van der Waals surface area (Å²) in [6.45, 7) is 9.19. The van der Waals surface area contributed by atoms with Crippen molar-refractivity contribution in [2.24, 2.45) is 5.41 Å². The number of urea groups is 1. The number of aryl methyl sites for hydroxylation is 1. The van der Waals surface area contributed by atoms with Gasteiger partial charge < -0.3 is 20.3 Å². The lowest BCUT2D eigenvalue weighted by atomic mass is 9.88. The number of nitrogens with one attached hydrogen (secondary N) is 2. The van der Waals surface area contributed by atoms with Crippen LogP contribution in [-0.4, -0.2) is 38.6 Å². The first-order valence-electron chi connectivity index (χ1n) is 6.87. The van der Waals surface area contributed by atoms with E-state index in [1.54, 1.807) is 6.33 Å². The van der Waals surface area contributed by atoms with Crippen LogP contribution in [0.1, 0.15) is 39.9 Å². The summed E-state index contributed by atoms with van der Waals surface area (Å²) in [5.74, 6) is 0.707. The van der Waals surface area contributed by atoms with Crippen LogP contribution in [0.5, 0.6) is 0 Å². The first-order valence-corrected chi connectivity index (χ1v) is 6.87. The molecule has 1 aromatic rings. The maximum atomic E-state index is 11.8. The van der Waals surface area contributed by atoms with Crippen LogP contribution in [-0.2, 0) is 13.1 Å². The molecule has 1 rings (SSSR count). The number of rotatable bonds is 6. The minimum atomic E-state index is -0.307. The molecule has 0 saturated carbocycles. The van der Waals surface area contributed by atoms with E-state index in [9.17, 15) is 9.90 Å². The Morgan fingerprint density at radius 3 is 2.75 bits per heavy atom. The summed E-state index contributed by atoms with van der Waals surface area (Å²) in [6.07, 6.45) is 2.34. The molecule has 20 heavy (non-hydrogen) atoms. The number of amides is 2. The van der Waals surface area contributed by atoms with Crippen LogP contribution in [0.3, 0.4) is 0 Å². The third-order valence-electron chi connectivity index (χ3n) is 2.86. The van der Waals surface area contributed by atoms with Crippen LogP contribution in [0.25, 0.3) is 0 Å². The maximum Gasteiger partial charge on any atom is 0.315 e. The van der Waals surface area contributed by atoms with Gasteiger partial charge in [-0.25, -0.2) is 4.79 Å². The highest BCUT2D eigenvalue weighted by Crippen LogP contribution is 2.20. The molecule has 114 valence electrons. The van der Waals surface area contributed by atoms with E-state index in [1.807, 2.05) is 11.5 Å². The molecule has 1 aromatic heterocycles. The molecule has 0 bridgehead atoms. The number of nitrogens with zero attached hydrogens (tertiary/aromatic N) is 3. The Hall–Kier alpha value is -1.63. The number of aliphatic hydroxyl groups excluding tert-OH is 1. The van der Waals surface area contributed by atoms with E-state index in [0.717, 1.165) is 6.54 Å². The molecule has 0 saturated heterocycles. The van der Waals surface area contributed by atoms with Gasteiger partial charge in [-0.2, -0.15) is 0 Å². The number of hydrogen-bond acceptors (Lipinski definition) is 4. The van der Waals surface area contributed by atoms with Crippen LogP contribution >= 0.6 is 0 Å². The highest BCUT2D eigenvalue weighted by atomic mass is 16.3. The summed E-state index contributed by atoms with van der Waals surface area (Å²) < 4.78 is 1.86. The van der Waals surface area contributed by atoms with Crippen molar-refractivity contribution in [1.82, 2.24) is 25.4 Å². The summed E-state index contributed by atoms with van der Waals surface area (Å²) in [4.78, 5) is 11.8. The fraction of sp³-hybridized carbons (Fsp3) is 0.769. The fourth-order valence-corrected chi connectivity index (χ4v) is 1.98. The lowest BCUT2D eigenvalue weighted by Crippen LogP contribution is -2.45. The Kier molecular flexibility index (Phi) is 5.94. The lowest BCUT2D eigenvalue weighted by molar-refractivity contribution is 0.190. The SMILES string of the molecule is CCn1cnnc1CNC(=O)NC(CO)CC(C)(C)C. The van der Waals surface area contributed by atoms with Gasteiger partial charge in [0.25, 0.3) is 0 Å². The van der Waals surface area contributed by atoms with Gasteiger partial charge in [0.05, 0.1) is 19.2 Å². The predicted molar refractivity (Wildman–Crippen MR) is 76.0 cm³/mol. The Morgan fingerprint density at radius 2 is 2.20 bits per heavy atom. The quantitative estimate of drug-likeness (QED) is 0.723. The number of carbonyl (C=O) groups excluding carboxylic acids is 1. The molecule has 0 aliphatic rings. The van der Waals surface area contributed by atoms with Crippen molar-refractivity contribution in [1.29, 1.82) is 0 Å². The van der Waals surface area contributed by atoms with E-state index in [0.29, 0.717) is 18.8 Å². The molecule has 0 radical (unpaired) electrons. The van der Waals surface area contributed by atoms with Gasteiger partial charge in [0.1, 0.15) is 6.33 Å². The second-order valence-electron chi connectivity index (χ2n) is 6.00. The van der Waals surface area contributed by atoms with E-state index in [4.69, 9.17) is 0 Å². The summed E-state index contributed by atoms with van der Waals surface area (Å²) in [7, 11) is 0. The topological polar surface area (TPSA) is 92.1 Å². The Balaban J connectivity index is 2.43. The zero-order valence-corrected chi connectivity index (χ0v) is 12.7. The molecule has 0 aliphatic heterocycles. The van der Waals surface area contributed by atoms with Gasteiger partial charge in [-0.1, -0.05) is 20.8 Å². The van der Waals surface area contributed by atoms with Gasteiger partial charge in [-0.15, -0.1) is 10.2 Å². The van der Waals surface area contributed by atoms with E-state index in [-0.39, 0.29) is 24.1 Å². The molecule has 0 spiro atoms. The first-order chi connectivity index (χ1) is 9.35. The highest BCUT2D eigenvalue weighted by molar-refractivity contribution is 5.74. The van der Waals surface area contributed by atoms with Crippen LogP contribution < -0.4 is 10.6 Å². The molecule has 0 aromatic carbocycles. The minimum absolute atomic E-state index is 0.0447. The second kappa shape index (κ2) is 7.23. The number of hydrogen-bond donors (Lipinski definition) is 3. The Morgan fingerprint density at radius 1 is 1.50 bits per heavy atom. The van der Waals surface area contributed by atoms with Crippen molar-refractivity contribution in [3.8, 4) is 0 Å². The number of carbonyl (C=O) groups is 1. The van der Waals surface area contributed by atoms with Crippen molar-refractivity contribution in [3.05, 3.63) is 12.2 Å². The molecule has 1 unspecified atom stereocenters. The third-order valence-corrected chi connectivity index (χ3v) is 2.86. The monoisotopic (exact) mass is 283 g/mol. The van der Waals surface area contributed by atoms with Gasteiger partial charge in [0, 0.05) is 6.54 Å². The number of aliphatic hydroxyl groups is 1. The Bertz CT molecular complexity index is 425. The van der Waals surface area contributed by atoms with E-state index in [2.05, 4.69) is 41.6 Å². The van der Waals surface area contributed by atoms with Crippen molar-refractivity contribution < 1.29 is 9.90 Å². The molecule has 1 heterocycles. The van der Waals surface area contributed by atoms with Crippen molar-refractivity contribution in [2.45, 2.75) is 53.2 Å². The molecule has 0 fully saturated rings. The van der Waals surface area contributed by atoms with Gasteiger partial charge in [0.15, 0.2) is 5.82 Å². The largest absolute Gasteiger partial charge is 0.394 e. The van der Waals surface area contributed by atoms with E-state index in [1.165, 1.54) is 0 Å². The summed E-state index contributed by atoms with van der Waals surface area (Å²) in [6, 6.07) is -0.557. The molecule has 3 N–H and O–H groups in total. The smallest absolute Gasteiger partial charge is 0.315 e. The first kappa shape index (κ1) is 16.4. The molecule has 0 aliphatic carbocycles. The van der Waals surface area contributed by atoms with Gasteiger partial charge >= 0.3 is 6.03 Å². The fourth-order valence-electron chi connectivity index (χ4n) is 1.98. The van der Waals surface area contributed by atoms with Gasteiger partial charge in [-0.3, -0.25) is 0 Å². The van der Waals surface area contributed by atoms with Crippen molar-refractivity contribution in [2.75, 3.05) is 6.61 Å². The average molecular weight is 283 g/mol. The van der Waals surface area contributed by atoms with E-state index < -0.39 is 0 Å². The van der Waals surface area contributed by atoms with Gasteiger partial charge in [0.2, 0.25) is 0 Å². The van der Waals surface area contributed by atoms with Crippen LogP contribution in [0.4, 0.5) is 4.79 Å². The standard InChI is InChI=1S/C13H25N5O2/c1-5-18-9-15-17-11(18)7-14-12(20)16-10(8-19)6-13(2,3)4/h9-10,19H,5-8H2,1-4H3,(H2,14,16,20). The van der Waals surface area contributed by atoms with E-state index >= 15 is 0 Å². The number of aromatic nitrogens is 3. The molecule has 7 heteroatoms. The summed E-state index contributed by atoms with van der Waals surface area (Å²) >= 11 is 0. The highest BCUT2D eigenvalue weighted by Gasteiger charge is 2.19. The van der Waals surface area contributed by atoms with Crippen LogP contribution in [0, 0.1) is 5.41 Å². The average Bonchev–Trinajstić information content (AvgIpc) is 2.81. The van der Waals surface area contributed by atoms with Gasteiger partial charge in [-0.05, 0) is 18.8 Å². The van der Waals surface area contributed by atoms with Crippen molar-refractivity contribution >= 4 is 6.03 Å². The lowest BCUT2D eigenvalue weighted by Gasteiger charge is -2.25. The molecule has 7 nitrogen and oxygen atoms in total. The van der Waals surface area contributed by atoms with Crippen LogP contribution in [0.15, 0.2) is 6.33 Å². The normalized spacial score (nSPS) is 13.1. The summed E-state index contributed by atoms with van der Waals surface area (Å²) in [5, 5.41) is 22.5. The molecule has 1 atom stereocenters. The molecular weight excluding hydrogens is 258 g/mol. The zero-order chi connectivity index (χ0) is 15.2. The predicted octanol–water partition coefficient (Wildman–Crippen LogP) is 0.894. The van der Waals surface area contributed by atoms with Crippen LogP contribution in [0.2, 0.25) is 0 Å². The Labute approximate surface area is 119 Å². The minimum Gasteiger partial charge on any atom is -0.394 e. The molecular formula is C13H25N5O2. The summed E-state index contributed by atoms with van der Waals surface area (Å²) in [5.41, 5.74) is 0.0447. The zero-order valence-electron chi connectivity index (χ0n) is 12.7. The second-order valence-corrected chi connectivity index (χ2v) is 6.00. The maximum absolute atomic E-state index is 11.8. The van der Waals surface area contributed by atoms with Crippen molar-refractivity contribution in [3.63, 3.8) is 0 Å². The third kappa shape index (κ3) is 5.56.